The lowest BCUT2D eigenvalue weighted by Gasteiger charge is -2.29. The van der Waals surface area contributed by atoms with Gasteiger partial charge in [0.25, 0.3) is 0 Å². The minimum Gasteiger partial charge on any atom is -0.395 e. The van der Waals surface area contributed by atoms with E-state index in [0.717, 1.165) is 25.2 Å². The molecule has 0 fully saturated rings. The van der Waals surface area contributed by atoms with Crippen LogP contribution in [0.3, 0.4) is 0 Å². The number of benzene rings is 1. The molecule has 0 amide bonds. The van der Waals surface area contributed by atoms with Crippen LogP contribution in [-0.2, 0) is 13.1 Å². The van der Waals surface area contributed by atoms with Crippen molar-refractivity contribution in [2.45, 2.75) is 32.5 Å². The molecule has 2 heterocycles. The Morgan fingerprint density at radius 3 is 2.54 bits per heavy atom. The van der Waals surface area contributed by atoms with Crippen molar-refractivity contribution in [1.82, 2.24) is 14.7 Å². The van der Waals surface area contributed by atoms with Crippen molar-refractivity contribution >= 4 is 11.3 Å². The molecule has 0 saturated heterocycles. The molecule has 1 N–H and O–H groups in total. The molecule has 24 heavy (non-hydrogen) atoms. The lowest BCUT2D eigenvalue weighted by Crippen LogP contribution is -2.36. The number of rotatable bonds is 8. The highest BCUT2D eigenvalue weighted by molar-refractivity contribution is 7.07. The maximum atomic E-state index is 9.72. The summed E-state index contributed by atoms with van der Waals surface area (Å²) in [5.41, 5.74) is 3.61. The van der Waals surface area contributed by atoms with Crippen LogP contribution in [0.2, 0.25) is 0 Å². The van der Waals surface area contributed by atoms with Crippen LogP contribution in [0.5, 0.6) is 0 Å². The predicted molar refractivity (Wildman–Crippen MR) is 98.3 cm³/mol. The minimum atomic E-state index is 0.177. The molecule has 0 aliphatic rings. The second-order valence-electron chi connectivity index (χ2n) is 5.90. The zero-order chi connectivity index (χ0) is 16.8. The van der Waals surface area contributed by atoms with Gasteiger partial charge < -0.3 is 5.11 Å². The van der Waals surface area contributed by atoms with Crippen LogP contribution in [0.1, 0.15) is 24.5 Å². The molecule has 0 saturated carbocycles. The third-order valence-electron chi connectivity index (χ3n) is 4.26. The van der Waals surface area contributed by atoms with Crippen molar-refractivity contribution in [3.63, 3.8) is 0 Å². The van der Waals surface area contributed by atoms with Crippen molar-refractivity contribution in [2.75, 3.05) is 6.61 Å². The van der Waals surface area contributed by atoms with Crippen LogP contribution >= 0.6 is 11.3 Å². The van der Waals surface area contributed by atoms with E-state index >= 15 is 0 Å². The molecule has 0 bridgehead atoms. The molecule has 2 aromatic heterocycles. The topological polar surface area (TPSA) is 41.3 Å². The van der Waals surface area contributed by atoms with E-state index in [-0.39, 0.29) is 12.6 Å². The molecule has 126 valence electrons. The normalized spacial score (nSPS) is 12.6. The third kappa shape index (κ3) is 4.12. The van der Waals surface area contributed by atoms with Crippen LogP contribution in [0.25, 0.3) is 5.69 Å². The van der Waals surface area contributed by atoms with Gasteiger partial charge in [0.2, 0.25) is 0 Å². The molecule has 5 heteroatoms. The molecule has 0 unspecified atom stereocenters. The van der Waals surface area contributed by atoms with Crippen LogP contribution in [0.15, 0.2) is 59.6 Å². The zero-order valence-electron chi connectivity index (χ0n) is 13.9. The summed E-state index contributed by atoms with van der Waals surface area (Å²) >= 11 is 1.72. The van der Waals surface area contributed by atoms with E-state index < -0.39 is 0 Å². The quantitative estimate of drug-likeness (QED) is 0.679. The summed E-state index contributed by atoms with van der Waals surface area (Å²) in [4.78, 5) is 2.35. The first kappa shape index (κ1) is 16.9. The first-order valence-electron chi connectivity index (χ1n) is 8.25. The van der Waals surface area contributed by atoms with Gasteiger partial charge in [-0.25, -0.2) is 4.68 Å². The molecule has 3 rings (SSSR count). The van der Waals surface area contributed by atoms with Gasteiger partial charge in [0.05, 0.1) is 12.3 Å². The van der Waals surface area contributed by atoms with Crippen molar-refractivity contribution in [1.29, 1.82) is 0 Å². The lowest BCUT2D eigenvalue weighted by molar-refractivity contribution is 0.107. The van der Waals surface area contributed by atoms with E-state index in [2.05, 4.69) is 58.0 Å². The Morgan fingerprint density at radius 2 is 1.96 bits per heavy atom. The standard InChI is InChI=1S/C19H23N3OS/c1-2-18(14-23)21(13-17-8-11-24-15-17)12-16-4-6-19(7-5-16)22-10-3-9-20-22/h3-11,15,18,23H,2,12-14H2,1H3/t18-/m0/s1. The van der Waals surface area contributed by atoms with Gasteiger partial charge in [0, 0.05) is 31.5 Å². The van der Waals surface area contributed by atoms with Gasteiger partial charge in [-0.05, 0) is 52.6 Å². The molecule has 1 aromatic carbocycles. The van der Waals surface area contributed by atoms with Gasteiger partial charge in [-0.15, -0.1) is 0 Å². The van der Waals surface area contributed by atoms with E-state index in [1.165, 1.54) is 11.1 Å². The minimum absolute atomic E-state index is 0.177. The summed E-state index contributed by atoms with van der Waals surface area (Å²) in [7, 11) is 0. The molecule has 3 aromatic rings. The molecule has 0 radical (unpaired) electrons. The van der Waals surface area contributed by atoms with Gasteiger partial charge in [0.15, 0.2) is 0 Å². The lowest BCUT2D eigenvalue weighted by atomic mass is 10.1. The van der Waals surface area contributed by atoms with E-state index in [4.69, 9.17) is 0 Å². The number of hydrogen-bond acceptors (Lipinski definition) is 4. The van der Waals surface area contributed by atoms with Gasteiger partial charge >= 0.3 is 0 Å². The summed E-state index contributed by atoms with van der Waals surface area (Å²) in [5.74, 6) is 0. The van der Waals surface area contributed by atoms with Gasteiger partial charge in [-0.2, -0.15) is 16.4 Å². The Balaban J connectivity index is 1.73. The van der Waals surface area contributed by atoms with Gasteiger partial charge in [-0.1, -0.05) is 19.1 Å². The number of thiophene rings is 1. The molecule has 0 spiro atoms. The van der Waals surface area contributed by atoms with E-state index in [1.54, 1.807) is 17.5 Å². The summed E-state index contributed by atoms with van der Waals surface area (Å²) in [6.45, 7) is 4.01. The molecule has 4 nitrogen and oxygen atoms in total. The smallest absolute Gasteiger partial charge is 0.0645 e. The van der Waals surface area contributed by atoms with Crippen molar-refractivity contribution in [2.24, 2.45) is 0 Å². The second-order valence-corrected chi connectivity index (χ2v) is 6.68. The van der Waals surface area contributed by atoms with E-state index in [9.17, 15) is 5.11 Å². The van der Waals surface area contributed by atoms with E-state index in [1.807, 2.05) is 16.9 Å². The summed E-state index contributed by atoms with van der Waals surface area (Å²) in [5, 5.41) is 18.3. The largest absolute Gasteiger partial charge is 0.395 e. The molecule has 1 atom stereocenters. The fourth-order valence-corrected chi connectivity index (χ4v) is 3.50. The van der Waals surface area contributed by atoms with Crippen LogP contribution < -0.4 is 0 Å². The number of nitrogens with zero attached hydrogens (tertiary/aromatic N) is 3. The number of aromatic nitrogens is 2. The highest BCUT2D eigenvalue weighted by atomic mass is 32.1. The Hall–Kier alpha value is -1.95. The first-order valence-corrected chi connectivity index (χ1v) is 9.19. The molecule has 0 aliphatic heterocycles. The highest BCUT2D eigenvalue weighted by Gasteiger charge is 2.17. The highest BCUT2D eigenvalue weighted by Crippen LogP contribution is 2.18. The first-order chi connectivity index (χ1) is 11.8. The zero-order valence-corrected chi connectivity index (χ0v) is 14.7. The maximum Gasteiger partial charge on any atom is 0.0645 e. The fraction of sp³-hybridized carbons (Fsp3) is 0.316. The second kappa shape index (κ2) is 8.24. The SMILES string of the molecule is CC[C@@H](CO)N(Cc1ccc(-n2cccn2)cc1)Cc1ccsc1. The van der Waals surface area contributed by atoms with Gasteiger partial charge in [0.1, 0.15) is 0 Å². The summed E-state index contributed by atoms with van der Waals surface area (Å²) in [6.07, 6.45) is 4.66. The van der Waals surface area contributed by atoms with Gasteiger partial charge in [-0.3, -0.25) is 4.90 Å². The number of aliphatic hydroxyl groups is 1. The molecular weight excluding hydrogens is 318 g/mol. The summed E-state index contributed by atoms with van der Waals surface area (Å²) in [6, 6.07) is 12.7. The average molecular weight is 341 g/mol. The van der Waals surface area contributed by atoms with Crippen LogP contribution in [0, 0.1) is 0 Å². The Morgan fingerprint density at radius 1 is 1.17 bits per heavy atom. The Labute approximate surface area is 147 Å². The Kier molecular flexibility index (Phi) is 5.80. The Bertz CT molecular complexity index is 704. The predicted octanol–water partition coefficient (Wildman–Crippen LogP) is 3.71. The third-order valence-corrected chi connectivity index (χ3v) is 4.99. The summed E-state index contributed by atoms with van der Waals surface area (Å²) < 4.78 is 1.86. The van der Waals surface area contributed by atoms with Crippen molar-refractivity contribution < 1.29 is 5.11 Å². The fourth-order valence-electron chi connectivity index (χ4n) is 2.84. The monoisotopic (exact) mass is 341 g/mol. The number of aliphatic hydroxyl groups excluding tert-OH is 1. The molecule has 0 aliphatic carbocycles. The van der Waals surface area contributed by atoms with Crippen molar-refractivity contribution in [3.8, 4) is 5.69 Å². The van der Waals surface area contributed by atoms with E-state index in [0.29, 0.717) is 0 Å². The van der Waals surface area contributed by atoms with Crippen molar-refractivity contribution in [3.05, 3.63) is 70.7 Å². The maximum absolute atomic E-state index is 9.72. The van der Waals surface area contributed by atoms with Crippen LogP contribution in [-0.4, -0.2) is 32.4 Å². The van der Waals surface area contributed by atoms with Crippen LogP contribution in [0.4, 0.5) is 0 Å². The average Bonchev–Trinajstić information content (AvgIpc) is 3.30. The number of hydrogen-bond donors (Lipinski definition) is 1. The molecular formula is C19H23N3OS.